The van der Waals surface area contributed by atoms with Gasteiger partial charge >= 0.3 is 0 Å². The van der Waals surface area contributed by atoms with E-state index in [1.807, 2.05) is 18.2 Å². The first-order valence-electron chi connectivity index (χ1n) is 6.98. The van der Waals surface area contributed by atoms with Crippen LogP contribution in [0.3, 0.4) is 0 Å². The summed E-state index contributed by atoms with van der Waals surface area (Å²) < 4.78 is 5.74. The molecular weight excluding hydrogens is 238 g/mol. The molecule has 1 saturated carbocycles. The van der Waals surface area contributed by atoms with Gasteiger partial charge in [-0.25, -0.2) is 0 Å². The standard InChI is InChI=1S/C15H21N3O/c1-15(2)9-4-3-8-12(15)17-14-18-13-10(16)6-5-7-11(13)19-14/h5-7,12H,3-4,8-9,16H2,1-2H3,(H,17,18). The largest absolute Gasteiger partial charge is 0.423 e. The zero-order chi connectivity index (χ0) is 13.5. The van der Waals surface area contributed by atoms with Crippen LogP contribution in [0.1, 0.15) is 39.5 Å². The molecule has 0 aliphatic heterocycles. The summed E-state index contributed by atoms with van der Waals surface area (Å²) >= 11 is 0. The molecule has 4 heteroatoms. The number of aromatic nitrogens is 1. The zero-order valence-electron chi connectivity index (χ0n) is 11.6. The molecule has 3 N–H and O–H groups in total. The Morgan fingerprint density at radius 1 is 1.37 bits per heavy atom. The third-order valence-electron chi connectivity index (χ3n) is 4.26. The number of nitrogens with one attached hydrogen (secondary N) is 1. The molecule has 19 heavy (non-hydrogen) atoms. The van der Waals surface area contributed by atoms with Crippen molar-refractivity contribution in [1.29, 1.82) is 0 Å². The molecule has 1 unspecified atom stereocenters. The maximum absolute atomic E-state index is 5.91. The highest BCUT2D eigenvalue weighted by Crippen LogP contribution is 2.37. The van der Waals surface area contributed by atoms with E-state index < -0.39 is 0 Å². The summed E-state index contributed by atoms with van der Waals surface area (Å²) in [7, 11) is 0. The molecule has 1 aliphatic carbocycles. The average molecular weight is 259 g/mol. The number of para-hydroxylation sites is 1. The van der Waals surface area contributed by atoms with Gasteiger partial charge in [-0.05, 0) is 30.4 Å². The van der Waals surface area contributed by atoms with Gasteiger partial charge in [-0.15, -0.1) is 0 Å². The lowest BCUT2D eigenvalue weighted by molar-refractivity contribution is 0.214. The molecule has 4 nitrogen and oxygen atoms in total. The van der Waals surface area contributed by atoms with E-state index >= 15 is 0 Å². The van der Waals surface area contributed by atoms with Crippen molar-refractivity contribution in [2.75, 3.05) is 11.1 Å². The highest BCUT2D eigenvalue weighted by atomic mass is 16.4. The Bertz CT molecular complexity index is 588. The first-order chi connectivity index (χ1) is 9.06. The van der Waals surface area contributed by atoms with E-state index in [1.54, 1.807) is 0 Å². The number of nitrogens with zero attached hydrogens (tertiary/aromatic N) is 1. The lowest BCUT2D eigenvalue weighted by Crippen LogP contribution is -2.38. The minimum Gasteiger partial charge on any atom is -0.423 e. The van der Waals surface area contributed by atoms with Crippen molar-refractivity contribution in [3.63, 3.8) is 0 Å². The number of oxazole rings is 1. The Kier molecular flexibility index (Phi) is 2.88. The van der Waals surface area contributed by atoms with Gasteiger partial charge in [-0.3, -0.25) is 0 Å². The van der Waals surface area contributed by atoms with E-state index in [0.29, 0.717) is 17.7 Å². The van der Waals surface area contributed by atoms with Crippen LogP contribution < -0.4 is 11.1 Å². The van der Waals surface area contributed by atoms with Gasteiger partial charge < -0.3 is 15.5 Å². The van der Waals surface area contributed by atoms with E-state index in [0.717, 1.165) is 11.1 Å². The summed E-state index contributed by atoms with van der Waals surface area (Å²) in [5, 5.41) is 3.45. The quantitative estimate of drug-likeness (QED) is 0.805. The fraction of sp³-hybridized carbons (Fsp3) is 0.533. The topological polar surface area (TPSA) is 64.1 Å². The number of benzene rings is 1. The molecule has 3 rings (SSSR count). The Morgan fingerprint density at radius 2 is 2.21 bits per heavy atom. The SMILES string of the molecule is CC1(C)CCCCC1Nc1nc2c(N)cccc2o1. The lowest BCUT2D eigenvalue weighted by Gasteiger charge is -2.38. The molecule has 1 heterocycles. The predicted molar refractivity (Wildman–Crippen MR) is 78.1 cm³/mol. The molecule has 1 aromatic carbocycles. The molecule has 102 valence electrons. The second kappa shape index (κ2) is 4.44. The molecule has 2 aromatic rings. The first kappa shape index (κ1) is 12.3. The number of anilines is 2. The fourth-order valence-electron chi connectivity index (χ4n) is 2.94. The van der Waals surface area contributed by atoms with Crippen LogP contribution in [0.5, 0.6) is 0 Å². The molecule has 1 aliphatic rings. The van der Waals surface area contributed by atoms with Crippen LogP contribution in [0.25, 0.3) is 11.1 Å². The second-order valence-corrected chi connectivity index (χ2v) is 6.14. The van der Waals surface area contributed by atoms with Gasteiger partial charge in [0.2, 0.25) is 0 Å². The Morgan fingerprint density at radius 3 is 2.95 bits per heavy atom. The molecule has 1 atom stereocenters. The summed E-state index contributed by atoms with van der Waals surface area (Å²) in [5.41, 5.74) is 8.35. The van der Waals surface area contributed by atoms with Crippen LogP contribution in [0.2, 0.25) is 0 Å². The van der Waals surface area contributed by atoms with Gasteiger partial charge in [-0.2, -0.15) is 4.98 Å². The summed E-state index contributed by atoms with van der Waals surface area (Å²) in [6, 6.07) is 6.63. The molecular formula is C15H21N3O. The van der Waals surface area contributed by atoms with Gasteiger partial charge in [0.15, 0.2) is 5.58 Å². The first-order valence-corrected chi connectivity index (χ1v) is 6.98. The van der Waals surface area contributed by atoms with Gasteiger partial charge in [0.1, 0.15) is 5.52 Å². The van der Waals surface area contributed by atoms with E-state index in [2.05, 4.69) is 24.1 Å². The third kappa shape index (κ3) is 2.27. The van der Waals surface area contributed by atoms with E-state index in [4.69, 9.17) is 10.2 Å². The van der Waals surface area contributed by atoms with Crippen molar-refractivity contribution in [3.8, 4) is 0 Å². The van der Waals surface area contributed by atoms with Crippen molar-refractivity contribution >= 4 is 22.8 Å². The maximum Gasteiger partial charge on any atom is 0.295 e. The summed E-state index contributed by atoms with van der Waals surface area (Å²) in [5.74, 6) is 0. The Hall–Kier alpha value is -1.71. The molecule has 1 fully saturated rings. The minimum absolute atomic E-state index is 0.282. The lowest BCUT2D eigenvalue weighted by atomic mass is 9.73. The summed E-state index contributed by atoms with van der Waals surface area (Å²) in [4.78, 5) is 4.47. The average Bonchev–Trinajstić information content (AvgIpc) is 2.76. The van der Waals surface area contributed by atoms with Crippen LogP contribution in [0.4, 0.5) is 11.7 Å². The highest BCUT2D eigenvalue weighted by molar-refractivity contribution is 5.86. The van der Waals surface area contributed by atoms with E-state index in [9.17, 15) is 0 Å². The fourth-order valence-corrected chi connectivity index (χ4v) is 2.94. The van der Waals surface area contributed by atoms with Crippen molar-refractivity contribution in [2.45, 2.75) is 45.6 Å². The van der Waals surface area contributed by atoms with E-state index in [1.165, 1.54) is 25.7 Å². The molecule has 0 saturated heterocycles. The van der Waals surface area contributed by atoms with Gasteiger partial charge in [0.25, 0.3) is 6.01 Å². The van der Waals surface area contributed by atoms with Crippen molar-refractivity contribution in [3.05, 3.63) is 18.2 Å². The number of hydrogen-bond acceptors (Lipinski definition) is 4. The molecule has 0 amide bonds. The third-order valence-corrected chi connectivity index (χ3v) is 4.26. The van der Waals surface area contributed by atoms with Crippen LogP contribution >= 0.6 is 0 Å². The smallest absolute Gasteiger partial charge is 0.295 e. The molecule has 0 radical (unpaired) electrons. The van der Waals surface area contributed by atoms with Gasteiger partial charge in [-0.1, -0.05) is 32.8 Å². The number of hydrogen-bond donors (Lipinski definition) is 2. The molecule has 0 spiro atoms. The molecule has 0 bridgehead atoms. The zero-order valence-corrected chi connectivity index (χ0v) is 11.6. The second-order valence-electron chi connectivity index (χ2n) is 6.14. The minimum atomic E-state index is 0.282. The van der Waals surface area contributed by atoms with Crippen LogP contribution in [-0.2, 0) is 0 Å². The monoisotopic (exact) mass is 259 g/mol. The number of fused-ring (bicyclic) bond motifs is 1. The Balaban J connectivity index is 1.87. The van der Waals surface area contributed by atoms with Crippen LogP contribution in [0, 0.1) is 5.41 Å². The molecule has 1 aromatic heterocycles. The van der Waals surface area contributed by atoms with Crippen molar-refractivity contribution in [2.24, 2.45) is 5.41 Å². The summed E-state index contributed by atoms with van der Waals surface area (Å²) in [6.45, 7) is 4.61. The normalized spacial score (nSPS) is 22.5. The van der Waals surface area contributed by atoms with Crippen molar-refractivity contribution < 1.29 is 4.42 Å². The summed E-state index contributed by atoms with van der Waals surface area (Å²) in [6.07, 6.45) is 4.99. The highest BCUT2D eigenvalue weighted by Gasteiger charge is 2.33. The number of nitrogen functional groups attached to an aromatic ring is 1. The van der Waals surface area contributed by atoms with Gasteiger partial charge in [0.05, 0.1) is 5.69 Å². The van der Waals surface area contributed by atoms with Crippen molar-refractivity contribution in [1.82, 2.24) is 4.98 Å². The Labute approximate surface area is 113 Å². The number of nitrogens with two attached hydrogens (primary N) is 1. The maximum atomic E-state index is 5.91. The van der Waals surface area contributed by atoms with Gasteiger partial charge in [0, 0.05) is 6.04 Å². The number of rotatable bonds is 2. The van der Waals surface area contributed by atoms with E-state index in [-0.39, 0.29) is 5.41 Å². The van der Waals surface area contributed by atoms with Crippen LogP contribution in [-0.4, -0.2) is 11.0 Å². The predicted octanol–water partition coefficient (Wildman–Crippen LogP) is 3.79. The van der Waals surface area contributed by atoms with Crippen LogP contribution in [0.15, 0.2) is 22.6 Å².